The maximum absolute atomic E-state index is 12.7. The third kappa shape index (κ3) is 4.30. The maximum atomic E-state index is 12.7. The summed E-state index contributed by atoms with van der Waals surface area (Å²) in [5.74, 6) is 0.536. The molecule has 1 aromatic heterocycles. The van der Waals surface area contributed by atoms with E-state index in [0.29, 0.717) is 29.8 Å². The Morgan fingerprint density at radius 1 is 1.04 bits per heavy atom. The van der Waals surface area contributed by atoms with E-state index in [-0.39, 0.29) is 11.5 Å². The minimum atomic E-state index is -0.430. The van der Waals surface area contributed by atoms with Crippen LogP contribution in [0, 0.1) is 0 Å². The molecule has 2 aromatic carbocycles. The quantitative estimate of drug-likeness (QED) is 0.537. The van der Waals surface area contributed by atoms with Gasteiger partial charge in [-0.3, -0.25) is 4.79 Å². The Balaban J connectivity index is 1.96. The average molecular weight is 381 g/mol. The topological polar surface area (TPSA) is 60.7 Å². The van der Waals surface area contributed by atoms with E-state index in [1.165, 1.54) is 7.11 Å². The van der Waals surface area contributed by atoms with E-state index in [1.54, 1.807) is 4.57 Å². The molecule has 0 radical (unpaired) electrons. The second-order valence-corrected chi connectivity index (χ2v) is 6.85. The zero-order valence-electron chi connectivity index (χ0n) is 16.5. The molecule has 1 N–H and O–H groups in total. The van der Waals surface area contributed by atoms with Crippen LogP contribution < -0.4 is 15.0 Å². The number of aromatic hydroxyl groups is 1. The molecule has 3 aromatic rings. The van der Waals surface area contributed by atoms with Gasteiger partial charge in [-0.1, -0.05) is 56.5 Å². The summed E-state index contributed by atoms with van der Waals surface area (Å²) in [5, 5.41) is 11.0. The number of fused-ring (bicyclic) bond motifs is 1. The number of benzene rings is 2. The molecule has 0 unspecified atom stereocenters. The monoisotopic (exact) mass is 381 g/mol. The maximum Gasteiger partial charge on any atom is 0.297 e. The molecule has 0 atom stereocenters. The van der Waals surface area contributed by atoms with Crippen molar-refractivity contribution >= 4 is 10.9 Å². The van der Waals surface area contributed by atoms with Gasteiger partial charge in [0, 0.05) is 18.0 Å². The molecule has 28 heavy (non-hydrogen) atoms. The lowest BCUT2D eigenvalue weighted by molar-refractivity contribution is 0.306. The van der Waals surface area contributed by atoms with Crippen LogP contribution in [-0.4, -0.2) is 16.8 Å². The second kappa shape index (κ2) is 9.31. The van der Waals surface area contributed by atoms with E-state index >= 15 is 0 Å². The number of hydrogen-bond donors (Lipinski definition) is 1. The fraction of sp³-hybridized carbons (Fsp3) is 0.348. The van der Waals surface area contributed by atoms with E-state index in [4.69, 9.17) is 9.47 Å². The molecule has 0 amide bonds. The molecular weight excluding hydrogens is 354 g/mol. The number of hydrogen-bond acceptors (Lipinski definition) is 4. The molecule has 0 fully saturated rings. The number of nitrogens with zero attached hydrogens (tertiary/aromatic N) is 1. The predicted octanol–water partition coefficient (Wildman–Crippen LogP) is 4.88. The van der Waals surface area contributed by atoms with E-state index in [0.717, 1.165) is 31.2 Å². The Labute approximate surface area is 165 Å². The standard InChI is InChI=1S/C23H27NO4/c1-3-4-5-9-14-24-20-15-18(28-16-17-10-7-6-8-11-17)12-13-19(20)22(27-2)21(25)23(24)26/h6-8,10-13,15,25H,3-5,9,14,16H2,1-2H3. The third-order valence-corrected chi connectivity index (χ3v) is 4.86. The van der Waals surface area contributed by atoms with Crippen molar-refractivity contribution in [3.63, 3.8) is 0 Å². The smallest absolute Gasteiger partial charge is 0.297 e. The first-order valence-electron chi connectivity index (χ1n) is 9.76. The first-order chi connectivity index (χ1) is 13.7. The van der Waals surface area contributed by atoms with Crippen molar-refractivity contribution in [3.05, 3.63) is 64.4 Å². The van der Waals surface area contributed by atoms with Crippen molar-refractivity contribution in [2.75, 3.05) is 7.11 Å². The van der Waals surface area contributed by atoms with Gasteiger partial charge < -0.3 is 19.1 Å². The van der Waals surface area contributed by atoms with Gasteiger partial charge in [-0.05, 0) is 24.1 Å². The third-order valence-electron chi connectivity index (χ3n) is 4.86. The molecule has 5 nitrogen and oxygen atoms in total. The molecule has 3 rings (SSSR count). The Morgan fingerprint density at radius 3 is 2.54 bits per heavy atom. The number of unbranched alkanes of at least 4 members (excludes halogenated alkanes) is 3. The SMILES string of the molecule is CCCCCCn1c(=O)c(O)c(OC)c2ccc(OCc3ccccc3)cc21. The summed E-state index contributed by atoms with van der Waals surface area (Å²) in [6.45, 7) is 3.15. The number of aryl methyl sites for hydroxylation is 1. The molecule has 148 valence electrons. The highest BCUT2D eigenvalue weighted by Crippen LogP contribution is 2.33. The van der Waals surface area contributed by atoms with Crippen molar-refractivity contribution in [1.29, 1.82) is 0 Å². The van der Waals surface area contributed by atoms with Gasteiger partial charge in [0.05, 0.1) is 12.6 Å². The van der Waals surface area contributed by atoms with Crippen LogP contribution in [0.3, 0.4) is 0 Å². The molecule has 0 bridgehead atoms. The largest absolute Gasteiger partial charge is 0.500 e. The molecule has 5 heteroatoms. The van der Waals surface area contributed by atoms with Crippen LogP contribution in [0.1, 0.15) is 38.2 Å². The minimum absolute atomic E-state index is 0.208. The van der Waals surface area contributed by atoms with Crippen LogP contribution >= 0.6 is 0 Å². The van der Waals surface area contributed by atoms with Gasteiger partial charge in [0.1, 0.15) is 12.4 Å². The molecule has 0 saturated carbocycles. The van der Waals surface area contributed by atoms with Gasteiger partial charge in [0.2, 0.25) is 5.75 Å². The second-order valence-electron chi connectivity index (χ2n) is 6.85. The van der Waals surface area contributed by atoms with Gasteiger partial charge in [0.15, 0.2) is 5.75 Å². The van der Waals surface area contributed by atoms with E-state index < -0.39 is 5.56 Å². The van der Waals surface area contributed by atoms with Gasteiger partial charge in [0.25, 0.3) is 5.56 Å². The van der Waals surface area contributed by atoms with E-state index in [2.05, 4.69) is 6.92 Å². The Morgan fingerprint density at radius 2 is 1.82 bits per heavy atom. The number of pyridine rings is 1. The van der Waals surface area contributed by atoms with Crippen LogP contribution in [-0.2, 0) is 13.2 Å². The molecule has 0 aliphatic rings. The predicted molar refractivity (Wildman–Crippen MR) is 111 cm³/mol. The molecule has 1 heterocycles. The summed E-state index contributed by atoms with van der Waals surface area (Å²) in [6.07, 6.45) is 4.17. The fourth-order valence-corrected chi connectivity index (χ4v) is 3.34. The highest BCUT2D eigenvalue weighted by Gasteiger charge is 2.17. The Bertz CT molecular complexity index is 979. The lowest BCUT2D eigenvalue weighted by Crippen LogP contribution is -2.21. The van der Waals surface area contributed by atoms with Crippen molar-refractivity contribution < 1.29 is 14.6 Å². The molecule has 0 aliphatic carbocycles. The van der Waals surface area contributed by atoms with Crippen LogP contribution in [0.5, 0.6) is 17.2 Å². The normalized spacial score (nSPS) is 10.9. The summed E-state index contributed by atoms with van der Waals surface area (Å²) in [4.78, 5) is 12.7. The minimum Gasteiger partial charge on any atom is -0.500 e. The highest BCUT2D eigenvalue weighted by molar-refractivity contribution is 5.88. The lowest BCUT2D eigenvalue weighted by Gasteiger charge is -2.16. The summed E-state index contributed by atoms with van der Waals surface area (Å²) >= 11 is 0. The molecule has 0 spiro atoms. The number of aromatic nitrogens is 1. The van der Waals surface area contributed by atoms with Gasteiger partial charge in [-0.2, -0.15) is 0 Å². The first-order valence-corrected chi connectivity index (χ1v) is 9.76. The average Bonchev–Trinajstić information content (AvgIpc) is 2.73. The summed E-state index contributed by atoms with van der Waals surface area (Å²) < 4.78 is 12.8. The number of ether oxygens (including phenoxy) is 2. The van der Waals surface area contributed by atoms with Crippen molar-refractivity contribution in [2.45, 2.75) is 45.8 Å². The zero-order valence-corrected chi connectivity index (χ0v) is 16.5. The summed E-state index contributed by atoms with van der Waals surface area (Å²) in [7, 11) is 1.46. The molecule has 0 aliphatic heterocycles. The molecule has 0 saturated heterocycles. The van der Waals surface area contributed by atoms with Crippen molar-refractivity contribution in [2.24, 2.45) is 0 Å². The van der Waals surface area contributed by atoms with Crippen molar-refractivity contribution in [1.82, 2.24) is 4.57 Å². The zero-order chi connectivity index (χ0) is 19.9. The van der Waals surface area contributed by atoms with E-state index in [1.807, 2.05) is 48.5 Å². The fourth-order valence-electron chi connectivity index (χ4n) is 3.34. The molecular formula is C23H27NO4. The van der Waals surface area contributed by atoms with Crippen LogP contribution in [0.4, 0.5) is 0 Å². The van der Waals surface area contributed by atoms with Crippen molar-refractivity contribution in [3.8, 4) is 17.2 Å². The van der Waals surface area contributed by atoms with Gasteiger partial charge >= 0.3 is 0 Å². The number of methoxy groups -OCH3 is 1. The van der Waals surface area contributed by atoms with E-state index in [9.17, 15) is 9.90 Å². The summed E-state index contributed by atoms with van der Waals surface area (Å²) in [6, 6.07) is 15.4. The summed E-state index contributed by atoms with van der Waals surface area (Å²) in [5.41, 5.74) is 1.35. The highest BCUT2D eigenvalue weighted by atomic mass is 16.5. The van der Waals surface area contributed by atoms with Gasteiger partial charge in [-0.25, -0.2) is 0 Å². The Hall–Kier alpha value is -2.95. The van der Waals surface area contributed by atoms with Crippen LogP contribution in [0.15, 0.2) is 53.3 Å². The van der Waals surface area contributed by atoms with Crippen LogP contribution in [0.25, 0.3) is 10.9 Å². The number of rotatable bonds is 9. The van der Waals surface area contributed by atoms with Crippen LogP contribution in [0.2, 0.25) is 0 Å². The lowest BCUT2D eigenvalue weighted by atomic mass is 10.1. The van der Waals surface area contributed by atoms with Gasteiger partial charge in [-0.15, -0.1) is 0 Å². The first kappa shape index (κ1) is 19.8. The Kier molecular flexibility index (Phi) is 6.58.